The zero-order valence-corrected chi connectivity index (χ0v) is 20.3. The lowest BCUT2D eigenvalue weighted by Gasteiger charge is -2.18. The van der Waals surface area contributed by atoms with E-state index in [-0.39, 0.29) is 5.97 Å². The average Bonchev–Trinajstić information content (AvgIpc) is 3.21. The van der Waals surface area contributed by atoms with Gasteiger partial charge in [-0.15, -0.1) is 0 Å². The fraction of sp³-hybridized carbons (Fsp3) is 0.429. The lowest BCUT2D eigenvalue weighted by atomic mass is 9.96. The van der Waals surface area contributed by atoms with E-state index in [4.69, 9.17) is 4.74 Å². The van der Waals surface area contributed by atoms with Gasteiger partial charge in [-0.2, -0.15) is 5.26 Å². The maximum absolute atomic E-state index is 12.0. The highest BCUT2D eigenvalue weighted by molar-refractivity contribution is 7.99. The minimum atomic E-state index is -0.0641. The Hall–Kier alpha value is -2.55. The predicted octanol–water partition coefficient (Wildman–Crippen LogP) is 6.54. The highest BCUT2D eigenvalue weighted by Crippen LogP contribution is 2.46. The maximum atomic E-state index is 12.0. The van der Waals surface area contributed by atoms with Crippen molar-refractivity contribution in [1.82, 2.24) is 4.90 Å². The van der Waals surface area contributed by atoms with E-state index in [1.165, 1.54) is 51.3 Å². The quantitative estimate of drug-likeness (QED) is 0.297. The van der Waals surface area contributed by atoms with Gasteiger partial charge in [0.25, 0.3) is 0 Å². The van der Waals surface area contributed by atoms with E-state index >= 15 is 0 Å². The van der Waals surface area contributed by atoms with Gasteiger partial charge in [-0.1, -0.05) is 62.6 Å². The summed E-state index contributed by atoms with van der Waals surface area (Å²) >= 11 is 1.79. The molecule has 0 atom stereocenters. The van der Waals surface area contributed by atoms with Crippen LogP contribution in [0.15, 0.2) is 52.3 Å². The number of unbranched alkanes of at least 4 members (excludes halogenated alkanes) is 4. The van der Waals surface area contributed by atoms with Crippen LogP contribution in [0.1, 0.15) is 68.6 Å². The van der Waals surface area contributed by atoms with Crippen LogP contribution in [-0.2, 0) is 9.53 Å². The van der Waals surface area contributed by atoms with E-state index in [9.17, 15) is 10.1 Å². The van der Waals surface area contributed by atoms with Gasteiger partial charge in [0.15, 0.2) is 0 Å². The fourth-order valence-electron chi connectivity index (χ4n) is 4.61. The molecule has 2 aromatic rings. The first kappa shape index (κ1) is 23.6. The van der Waals surface area contributed by atoms with Gasteiger partial charge in [0.05, 0.1) is 18.2 Å². The topological polar surface area (TPSA) is 53.3 Å². The van der Waals surface area contributed by atoms with E-state index in [0.29, 0.717) is 18.6 Å². The normalized spacial score (nSPS) is 14.8. The Bertz CT molecular complexity index is 1070. The highest BCUT2D eigenvalue weighted by Gasteiger charge is 2.29. The van der Waals surface area contributed by atoms with E-state index in [1.54, 1.807) is 11.8 Å². The van der Waals surface area contributed by atoms with Crippen LogP contribution in [0.25, 0.3) is 11.1 Å². The van der Waals surface area contributed by atoms with Gasteiger partial charge >= 0.3 is 5.97 Å². The van der Waals surface area contributed by atoms with Crippen LogP contribution >= 0.6 is 11.8 Å². The van der Waals surface area contributed by atoms with Crippen molar-refractivity contribution in [1.29, 1.82) is 5.26 Å². The van der Waals surface area contributed by atoms with E-state index in [1.807, 2.05) is 12.1 Å². The molecule has 0 bridgehead atoms. The molecule has 2 aliphatic heterocycles. The molecule has 0 fully saturated rings. The number of carbonyl (C=O) groups excluding carboxylic acids is 1. The number of rotatable bonds is 10. The largest absolute Gasteiger partial charge is 0.466 e. The lowest BCUT2D eigenvalue weighted by Crippen LogP contribution is -2.24. The van der Waals surface area contributed by atoms with Gasteiger partial charge in [0.1, 0.15) is 0 Å². The summed E-state index contributed by atoms with van der Waals surface area (Å²) in [6, 6.07) is 16.9. The van der Waals surface area contributed by atoms with Gasteiger partial charge in [-0.05, 0) is 59.4 Å². The summed E-state index contributed by atoms with van der Waals surface area (Å²) in [7, 11) is 0. The average molecular weight is 461 g/mol. The summed E-state index contributed by atoms with van der Waals surface area (Å²) in [6.45, 7) is 5.31. The number of ether oxygens (including phenoxy) is 1. The van der Waals surface area contributed by atoms with E-state index in [2.05, 4.69) is 48.2 Å². The summed E-state index contributed by atoms with van der Waals surface area (Å²) in [5.74, 6) is -0.0641. The van der Waals surface area contributed by atoms with E-state index in [0.717, 1.165) is 38.9 Å². The molecule has 5 heteroatoms. The van der Waals surface area contributed by atoms with Crippen LogP contribution in [0.2, 0.25) is 0 Å². The number of fused-ring (bicyclic) bond motifs is 4. The van der Waals surface area contributed by atoms with Crippen molar-refractivity contribution in [2.24, 2.45) is 0 Å². The summed E-state index contributed by atoms with van der Waals surface area (Å²) < 4.78 is 5.47. The summed E-state index contributed by atoms with van der Waals surface area (Å²) in [5, 5.41) is 9.43. The number of benzene rings is 2. The first-order valence-corrected chi connectivity index (χ1v) is 12.9. The third-order valence-electron chi connectivity index (χ3n) is 6.36. The molecule has 0 saturated carbocycles. The van der Waals surface area contributed by atoms with Gasteiger partial charge in [-0.3, -0.25) is 9.69 Å². The van der Waals surface area contributed by atoms with Crippen LogP contribution in [0.4, 0.5) is 0 Å². The van der Waals surface area contributed by atoms with Gasteiger partial charge in [0.2, 0.25) is 0 Å². The Morgan fingerprint density at radius 2 is 1.76 bits per heavy atom. The number of esters is 1. The van der Waals surface area contributed by atoms with Gasteiger partial charge in [-0.25, -0.2) is 0 Å². The lowest BCUT2D eigenvalue weighted by molar-refractivity contribution is -0.143. The highest BCUT2D eigenvalue weighted by atomic mass is 32.2. The third-order valence-corrected chi connectivity index (χ3v) is 7.51. The monoisotopic (exact) mass is 460 g/mol. The first-order valence-electron chi connectivity index (χ1n) is 12.1. The molecule has 4 rings (SSSR count). The van der Waals surface area contributed by atoms with Crippen molar-refractivity contribution in [2.45, 2.75) is 61.7 Å². The Balaban J connectivity index is 1.35. The molecule has 2 aromatic carbocycles. The fourth-order valence-corrected chi connectivity index (χ4v) is 5.73. The predicted molar refractivity (Wildman–Crippen MR) is 134 cm³/mol. The molecule has 2 aliphatic rings. The van der Waals surface area contributed by atoms with Crippen molar-refractivity contribution >= 4 is 28.9 Å². The van der Waals surface area contributed by atoms with Crippen LogP contribution in [0, 0.1) is 11.3 Å². The molecule has 0 saturated heterocycles. The Kier molecular flexibility index (Phi) is 8.25. The van der Waals surface area contributed by atoms with Crippen molar-refractivity contribution < 1.29 is 9.53 Å². The molecular weight excluding hydrogens is 428 g/mol. The zero-order chi connectivity index (χ0) is 23.0. The Labute approximate surface area is 201 Å². The molecule has 2 heterocycles. The van der Waals surface area contributed by atoms with E-state index < -0.39 is 0 Å². The van der Waals surface area contributed by atoms with Crippen LogP contribution in [0.3, 0.4) is 0 Å². The Morgan fingerprint density at radius 1 is 1.00 bits per heavy atom. The number of carbonyl (C=O) groups is 1. The zero-order valence-electron chi connectivity index (χ0n) is 19.4. The molecule has 0 radical (unpaired) electrons. The molecule has 172 valence electrons. The summed E-state index contributed by atoms with van der Waals surface area (Å²) in [6.07, 6.45) is 7.09. The SMILES string of the molecule is CCCCCCCC(=O)OCCCN1CC2=C(C1)c1cc(C#N)ccc1Sc1ccccc12. The second kappa shape index (κ2) is 11.5. The molecular formula is C28H32N2O2S. The summed E-state index contributed by atoms with van der Waals surface area (Å²) in [4.78, 5) is 16.9. The van der Waals surface area contributed by atoms with Crippen molar-refractivity contribution in [3.05, 3.63) is 59.2 Å². The molecule has 0 unspecified atom stereocenters. The number of hydrogen-bond acceptors (Lipinski definition) is 5. The van der Waals surface area contributed by atoms with Crippen LogP contribution in [0.5, 0.6) is 0 Å². The van der Waals surface area contributed by atoms with Gasteiger partial charge in [0, 0.05) is 35.8 Å². The minimum Gasteiger partial charge on any atom is -0.466 e. The minimum absolute atomic E-state index is 0.0641. The molecule has 0 aliphatic carbocycles. The summed E-state index contributed by atoms with van der Waals surface area (Å²) in [5.41, 5.74) is 5.86. The molecule has 33 heavy (non-hydrogen) atoms. The maximum Gasteiger partial charge on any atom is 0.305 e. The van der Waals surface area contributed by atoms with Gasteiger partial charge < -0.3 is 4.74 Å². The Morgan fingerprint density at radius 3 is 2.58 bits per heavy atom. The smallest absolute Gasteiger partial charge is 0.305 e. The van der Waals surface area contributed by atoms with Crippen LogP contribution in [-0.4, -0.2) is 37.1 Å². The third kappa shape index (κ3) is 5.88. The van der Waals surface area contributed by atoms with Crippen LogP contribution < -0.4 is 0 Å². The number of nitrogens with zero attached hydrogens (tertiary/aromatic N) is 2. The number of hydrogen-bond donors (Lipinski definition) is 0. The molecule has 0 aromatic heterocycles. The molecule has 0 amide bonds. The van der Waals surface area contributed by atoms with Crippen molar-refractivity contribution in [3.63, 3.8) is 0 Å². The second-order valence-electron chi connectivity index (χ2n) is 8.83. The standard InChI is InChI=1S/C28H32N2O2S/c1-2-3-4-5-6-12-28(31)32-16-9-15-30-19-24-22-10-7-8-11-26(22)33-27-14-13-21(18-29)17-23(27)25(24)20-30/h7-8,10-11,13-14,17H,2-6,9,12,15-16,19-20H2,1H3. The van der Waals surface area contributed by atoms with Crippen molar-refractivity contribution in [2.75, 3.05) is 26.2 Å². The number of nitriles is 1. The molecule has 0 spiro atoms. The first-order chi connectivity index (χ1) is 16.2. The molecule has 4 nitrogen and oxygen atoms in total. The molecule has 0 N–H and O–H groups in total. The van der Waals surface area contributed by atoms with Crippen molar-refractivity contribution in [3.8, 4) is 6.07 Å². The second-order valence-corrected chi connectivity index (χ2v) is 9.91.